The van der Waals surface area contributed by atoms with Crippen LogP contribution in [-0.4, -0.2) is 30.1 Å². The number of hydrogen-bond donors (Lipinski definition) is 1. The van der Waals surface area contributed by atoms with Gasteiger partial charge in [-0.3, -0.25) is 4.79 Å². The number of esters is 1. The van der Waals surface area contributed by atoms with Gasteiger partial charge in [-0.05, 0) is 12.8 Å². The van der Waals surface area contributed by atoms with Gasteiger partial charge in [0.2, 0.25) is 0 Å². The molecule has 0 radical (unpaired) electrons. The third-order valence-corrected chi connectivity index (χ3v) is 3.66. The smallest absolute Gasteiger partial charge is 0.315 e. The largest absolute Gasteiger partial charge is 0.468 e. The highest BCUT2D eigenvalue weighted by Crippen LogP contribution is 2.19. The topological polar surface area (TPSA) is 52.3 Å². The summed E-state index contributed by atoms with van der Waals surface area (Å²) < 4.78 is 4.58. The lowest BCUT2D eigenvalue weighted by atomic mass is 10.1. The molecule has 0 amide bonds. The maximum absolute atomic E-state index is 10.9. The molecule has 0 rings (SSSR count). The molecule has 0 saturated carbocycles. The van der Waals surface area contributed by atoms with Crippen LogP contribution < -0.4 is 5.73 Å². The molecule has 0 heterocycles. The Labute approximate surface area is 90.8 Å². The number of thioether (sulfide) groups is 1. The van der Waals surface area contributed by atoms with Crippen LogP contribution in [0.15, 0.2) is 0 Å². The Hall–Kier alpha value is -0.220. The summed E-state index contributed by atoms with van der Waals surface area (Å²) in [6, 6.07) is 0.194. The van der Waals surface area contributed by atoms with E-state index >= 15 is 0 Å². The molecule has 0 aromatic carbocycles. The highest BCUT2D eigenvalue weighted by atomic mass is 32.2. The van der Waals surface area contributed by atoms with Gasteiger partial charge in [0.1, 0.15) is 0 Å². The Bertz CT molecular complexity index is 164. The van der Waals surface area contributed by atoms with E-state index in [9.17, 15) is 4.79 Å². The van der Waals surface area contributed by atoms with Gasteiger partial charge in [0.15, 0.2) is 0 Å². The molecule has 0 aliphatic heterocycles. The minimum atomic E-state index is -0.169. The molecule has 2 unspecified atom stereocenters. The number of rotatable bonds is 7. The quantitative estimate of drug-likeness (QED) is 0.663. The van der Waals surface area contributed by atoms with E-state index in [0.29, 0.717) is 11.0 Å². The minimum Gasteiger partial charge on any atom is -0.468 e. The monoisotopic (exact) mass is 219 g/mol. The van der Waals surface area contributed by atoms with Crippen molar-refractivity contribution in [3.05, 3.63) is 0 Å². The zero-order valence-corrected chi connectivity index (χ0v) is 10.1. The van der Waals surface area contributed by atoms with Crippen molar-refractivity contribution in [2.75, 3.05) is 12.9 Å². The molecule has 0 spiro atoms. The number of carbonyl (C=O) groups excluding carboxylic acids is 1. The van der Waals surface area contributed by atoms with Gasteiger partial charge in [0, 0.05) is 11.3 Å². The molecule has 2 N–H and O–H groups in total. The number of carbonyl (C=O) groups is 1. The lowest BCUT2D eigenvalue weighted by Crippen LogP contribution is -2.32. The zero-order valence-electron chi connectivity index (χ0n) is 9.29. The molecule has 84 valence electrons. The minimum absolute atomic E-state index is 0.169. The average Bonchev–Trinajstić information content (AvgIpc) is 2.18. The normalized spacial score (nSPS) is 14.9. The van der Waals surface area contributed by atoms with Crippen LogP contribution in [0.25, 0.3) is 0 Å². The molecule has 0 bridgehead atoms. The summed E-state index contributed by atoms with van der Waals surface area (Å²) >= 11 is 1.60. The van der Waals surface area contributed by atoms with Crippen molar-refractivity contribution in [1.29, 1.82) is 0 Å². The van der Waals surface area contributed by atoms with Gasteiger partial charge in [0.25, 0.3) is 0 Å². The lowest BCUT2D eigenvalue weighted by molar-refractivity contribution is -0.137. The van der Waals surface area contributed by atoms with E-state index in [-0.39, 0.29) is 12.0 Å². The summed E-state index contributed by atoms with van der Waals surface area (Å²) in [6.45, 7) is 4.22. The summed E-state index contributed by atoms with van der Waals surface area (Å²) in [6.07, 6.45) is 3.12. The fourth-order valence-electron chi connectivity index (χ4n) is 1.30. The Morgan fingerprint density at radius 1 is 1.50 bits per heavy atom. The Balaban J connectivity index is 3.83. The highest BCUT2D eigenvalue weighted by Gasteiger charge is 2.16. The predicted molar refractivity (Wildman–Crippen MR) is 61.4 cm³/mol. The van der Waals surface area contributed by atoms with Crippen LogP contribution >= 0.6 is 11.8 Å². The molecule has 0 aromatic rings. The van der Waals surface area contributed by atoms with Gasteiger partial charge in [-0.1, -0.05) is 20.3 Å². The Morgan fingerprint density at radius 2 is 2.14 bits per heavy atom. The molecule has 0 aliphatic rings. The second kappa shape index (κ2) is 8.12. The summed E-state index contributed by atoms with van der Waals surface area (Å²) in [5.74, 6) is 0.240. The maximum atomic E-state index is 10.9. The van der Waals surface area contributed by atoms with Gasteiger partial charge < -0.3 is 10.5 Å². The van der Waals surface area contributed by atoms with Crippen molar-refractivity contribution in [3.8, 4) is 0 Å². The van der Waals surface area contributed by atoms with Gasteiger partial charge in [0.05, 0.1) is 12.9 Å². The van der Waals surface area contributed by atoms with Crippen molar-refractivity contribution in [2.45, 2.75) is 44.4 Å². The van der Waals surface area contributed by atoms with E-state index in [4.69, 9.17) is 5.73 Å². The van der Waals surface area contributed by atoms with E-state index in [1.807, 2.05) is 0 Å². The van der Waals surface area contributed by atoms with Crippen LogP contribution in [0.4, 0.5) is 0 Å². The van der Waals surface area contributed by atoms with Crippen molar-refractivity contribution in [3.63, 3.8) is 0 Å². The van der Waals surface area contributed by atoms with Crippen LogP contribution in [0.2, 0.25) is 0 Å². The first kappa shape index (κ1) is 13.8. The van der Waals surface area contributed by atoms with E-state index in [0.717, 1.165) is 19.3 Å². The van der Waals surface area contributed by atoms with E-state index in [1.54, 1.807) is 11.8 Å². The number of ether oxygens (including phenoxy) is 1. The third-order valence-electron chi connectivity index (χ3n) is 2.14. The molecule has 3 nitrogen and oxygen atoms in total. The second-order valence-electron chi connectivity index (χ2n) is 3.29. The van der Waals surface area contributed by atoms with Crippen molar-refractivity contribution < 1.29 is 9.53 Å². The van der Waals surface area contributed by atoms with E-state index in [2.05, 4.69) is 18.6 Å². The molecular weight excluding hydrogens is 198 g/mol. The highest BCUT2D eigenvalue weighted by molar-refractivity contribution is 8.00. The second-order valence-corrected chi connectivity index (χ2v) is 4.51. The summed E-state index contributed by atoms with van der Waals surface area (Å²) in [5.41, 5.74) is 5.99. The number of hydrogen-bond acceptors (Lipinski definition) is 4. The van der Waals surface area contributed by atoms with Gasteiger partial charge in [-0.2, -0.15) is 0 Å². The van der Waals surface area contributed by atoms with Crippen LogP contribution in [0.1, 0.15) is 33.1 Å². The number of nitrogens with two attached hydrogens (primary N) is 1. The molecule has 14 heavy (non-hydrogen) atoms. The number of methoxy groups -OCH3 is 1. The molecule has 0 saturated heterocycles. The Kier molecular flexibility index (Phi) is 7.99. The van der Waals surface area contributed by atoms with E-state index in [1.165, 1.54) is 7.11 Å². The van der Waals surface area contributed by atoms with Crippen LogP contribution in [0, 0.1) is 0 Å². The summed E-state index contributed by atoms with van der Waals surface area (Å²) in [4.78, 5) is 10.9. The standard InChI is InChI=1S/C10H21NO2S/c1-4-6-8(11)9(5-2)14-7-10(12)13-3/h8-9H,4-7,11H2,1-3H3. The SMILES string of the molecule is CCCC(N)C(CC)SCC(=O)OC. The van der Waals surface area contributed by atoms with Crippen molar-refractivity contribution in [2.24, 2.45) is 5.73 Å². The van der Waals surface area contributed by atoms with Crippen LogP contribution in [0.5, 0.6) is 0 Å². The van der Waals surface area contributed by atoms with Crippen LogP contribution in [0.3, 0.4) is 0 Å². The molecule has 2 atom stereocenters. The molecular formula is C10H21NO2S. The maximum Gasteiger partial charge on any atom is 0.315 e. The van der Waals surface area contributed by atoms with Gasteiger partial charge in [-0.25, -0.2) is 0 Å². The molecule has 0 fully saturated rings. The Morgan fingerprint density at radius 3 is 2.57 bits per heavy atom. The van der Waals surface area contributed by atoms with Crippen molar-refractivity contribution >= 4 is 17.7 Å². The fourth-order valence-corrected chi connectivity index (χ4v) is 2.38. The zero-order chi connectivity index (χ0) is 11.0. The lowest BCUT2D eigenvalue weighted by Gasteiger charge is -2.21. The molecule has 0 aromatic heterocycles. The van der Waals surface area contributed by atoms with Gasteiger partial charge in [-0.15, -0.1) is 11.8 Å². The van der Waals surface area contributed by atoms with Crippen LogP contribution in [-0.2, 0) is 9.53 Å². The first-order valence-corrected chi connectivity index (χ1v) is 6.14. The van der Waals surface area contributed by atoms with Gasteiger partial charge >= 0.3 is 5.97 Å². The molecule has 4 heteroatoms. The predicted octanol–water partition coefficient (Wildman–Crippen LogP) is 1.80. The molecule has 0 aliphatic carbocycles. The van der Waals surface area contributed by atoms with Crippen molar-refractivity contribution in [1.82, 2.24) is 0 Å². The average molecular weight is 219 g/mol. The summed E-state index contributed by atoms with van der Waals surface area (Å²) in [7, 11) is 1.41. The first-order chi connectivity index (χ1) is 6.65. The third kappa shape index (κ3) is 5.50. The fraction of sp³-hybridized carbons (Fsp3) is 0.900. The first-order valence-electron chi connectivity index (χ1n) is 5.09. The van der Waals surface area contributed by atoms with E-state index < -0.39 is 0 Å². The summed E-state index contributed by atoms with van der Waals surface area (Å²) in [5, 5.41) is 0.369.